The van der Waals surface area contributed by atoms with Crippen LogP contribution in [0.4, 0.5) is 0 Å². The summed E-state index contributed by atoms with van der Waals surface area (Å²) >= 11 is 5.27. The number of quaternary nitrogens is 1. The van der Waals surface area contributed by atoms with Crippen molar-refractivity contribution in [2.45, 2.75) is 44.9 Å². The summed E-state index contributed by atoms with van der Waals surface area (Å²) in [5, 5.41) is 8.36. The van der Waals surface area contributed by atoms with Gasteiger partial charge in [-0.3, -0.25) is 5.43 Å². The van der Waals surface area contributed by atoms with Crippen LogP contribution in [0, 0.1) is 0 Å². The normalized spacial score (nSPS) is 20.7. The number of thiocarbonyl (C=S) groups is 1. The van der Waals surface area contributed by atoms with Gasteiger partial charge < -0.3 is 15.0 Å². The van der Waals surface area contributed by atoms with E-state index >= 15 is 0 Å². The van der Waals surface area contributed by atoms with Gasteiger partial charge in [-0.05, 0) is 37.9 Å². The summed E-state index contributed by atoms with van der Waals surface area (Å²) in [6.45, 7) is 6.18. The predicted octanol–water partition coefficient (Wildman–Crippen LogP) is 0.466. The van der Waals surface area contributed by atoms with E-state index in [1.165, 1.54) is 37.9 Å². The van der Waals surface area contributed by atoms with Gasteiger partial charge in [0, 0.05) is 18.7 Å². The first-order chi connectivity index (χ1) is 10.3. The Hall–Kier alpha value is -0.720. The largest absolute Gasteiger partial charge is 0.370 e. The van der Waals surface area contributed by atoms with E-state index in [9.17, 15) is 0 Å². The third kappa shape index (κ3) is 7.20. The topological polar surface area (TPSA) is 50.1 Å². The second-order valence-electron chi connectivity index (χ2n) is 5.93. The Morgan fingerprint density at radius 3 is 2.57 bits per heavy atom. The van der Waals surface area contributed by atoms with Crippen molar-refractivity contribution >= 4 is 23.0 Å². The van der Waals surface area contributed by atoms with Gasteiger partial charge in [0.1, 0.15) is 13.1 Å². The molecule has 0 amide bonds. The lowest BCUT2D eigenvalue weighted by molar-refractivity contribution is -0.908. The molecule has 0 unspecified atom stereocenters. The van der Waals surface area contributed by atoms with Gasteiger partial charge in [0.25, 0.3) is 0 Å². The molecule has 0 aromatic heterocycles. The molecule has 0 spiro atoms. The van der Waals surface area contributed by atoms with E-state index in [0.29, 0.717) is 5.11 Å². The minimum atomic E-state index is 0.656. The highest BCUT2D eigenvalue weighted by atomic mass is 32.1. The molecule has 2 rings (SSSR count). The van der Waals surface area contributed by atoms with Crippen LogP contribution in [0.5, 0.6) is 0 Å². The van der Waals surface area contributed by atoms with Crippen molar-refractivity contribution < 1.29 is 9.64 Å². The quantitative estimate of drug-likeness (QED) is 0.299. The second kappa shape index (κ2) is 10.1. The third-order valence-corrected chi connectivity index (χ3v) is 4.42. The molecular formula is C15H29N4OS+. The van der Waals surface area contributed by atoms with Crippen molar-refractivity contribution in [3.8, 4) is 0 Å². The number of morpholine rings is 1. The Labute approximate surface area is 133 Å². The summed E-state index contributed by atoms with van der Waals surface area (Å²) < 4.78 is 5.36. The van der Waals surface area contributed by atoms with Gasteiger partial charge >= 0.3 is 0 Å². The van der Waals surface area contributed by atoms with Crippen molar-refractivity contribution in [1.82, 2.24) is 10.7 Å². The summed E-state index contributed by atoms with van der Waals surface area (Å²) in [5.41, 5.74) is 4.27. The Morgan fingerprint density at radius 2 is 1.86 bits per heavy atom. The lowest BCUT2D eigenvalue weighted by Crippen LogP contribution is -3.14. The SMILES string of the molecule is S=C(NCCC[NH+]1CCOCC1)NN=C1CCCCCC1. The summed E-state index contributed by atoms with van der Waals surface area (Å²) in [6.07, 6.45) is 8.59. The van der Waals surface area contributed by atoms with Crippen molar-refractivity contribution in [1.29, 1.82) is 0 Å². The summed E-state index contributed by atoms with van der Waals surface area (Å²) in [7, 11) is 0. The van der Waals surface area contributed by atoms with Crippen molar-refractivity contribution in [3.05, 3.63) is 0 Å². The van der Waals surface area contributed by atoms with Crippen LogP contribution in [0.3, 0.4) is 0 Å². The van der Waals surface area contributed by atoms with Gasteiger partial charge in [0.2, 0.25) is 0 Å². The third-order valence-electron chi connectivity index (χ3n) is 4.19. The van der Waals surface area contributed by atoms with Crippen LogP contribution in [-0.2, 0) is 4.74 Å². The molecule has 1 heterocycles. The number of nitrogens with zero attached hydrogens (tertiary/aromatic N) is 1. The van der Waals surface area contributed by atoms with Crippen LogP contribution in [0.15, 0.2) is 5.10 Å². The van der Waals surface area contributed by atoms with Crippen LogP contribution in [0.25, 0.3) is 0 Å². The fourth-order valence-electron chi connectivity index (χ4n) is 2.87. The number of nitrogens with one attached hydrogen (secondary N) is 3. The van der Waals surface area contributed by atoms with E-state index in [-0.39, 0.29) is 0 Å². The summed E-state index contributed by atoms with van der Waals surface area (Å²) in [5.74, 6) is 0. The number of hydrazone groups is 1. The van der Waals surface area contributed by atoms with Gasteiger partial charge in [-0.1, -0.05) is 12.8 Å². The van der Waals surface area contributed by atoms with E-state index in [1.807, 2.05) is 0 Å². The molecule has 2 aliphatic rings. The lowest BCUT2D eigenvalue weighted by Gasteiger charge is -2.23. The Morgan fingerprint density at radius 1 is 1.14 bits per heavy atom. The molecule has 5 nitrogen and oxygen atoms in total. The first-order valence-electron chi connectivity index (χ1n) is 8.35. The van der Waals surface area contributed by atoms with Gasteiger partial charge in [0.05, 0.1) is 19.8 Å². The van der Waals surface area contributed by atoms with Crippen LogP contribution in [-0.4, -0.2) is 50.2 Å². The van der Waals surface area contributed by atoms with E-state index in [4.69, 9.17) is 17.0 Å². The highest BCUT2D eigenvalue weighted by molar-refractivity contribution is 7.80. The monoisotopic (exact) mass is 313 g/mol. The molecule has 120 valence electrons. The Balaban J connectivity index is 1.53. The molecule has 0 aromatic carbocycles. The first kappa shape index (κ1) is 16.6. The highest BCUT2D eigenvalue weighted by Gasteiger charge is 2.12. The number of hydrogen-bond donors (Lipinski definition) is 3. The molecule has 1 aliphatic carbocycles. The molecule has 1 saturated heterocycles. The zero-order valence-corrected chi connectivity index (χ0v) is 13.8. The summed E-state index contributed by atoms with van der Waals surface area (Å²) in [6, 6.07) is 0. The second-order valence-corrected chi connectivity index (χ2v) is 6.33. The zero-order valence-electron chi connectivity index (χ0n) is 13.0. The van der Waals surface area contributed by atoms with E-state index in [1.54, 1.807) is 4.90 Å². The maximum absolute atomic E-state index is 5.36. The predicted molar refractivity (Wildman–Crippen MR) is 89.9 cm³/mol. The van der Waals surface area contributed by atoms with Gasteiger partial charge in [-0.25, -0.2) is 0 Å². The molecule has 0 aromatic rings. The van der Waals surface area contributed by atoms with Crippen molar-refractivity contribution in [3.63, 3.8) is 0 Å². The molecule has 21 heavy (non-hydrogen) atoms. The van der Waals surface area contributed by atoms with Gasteiger partial charge in [-0.15, -0.1) is 0 Å². The number of rotatable bonds is 5. The van der Waals surface area contributed by atoms with E-state index < -0.39 is 0 Å². The Bertz CT molecular complexity index is 333. The average molecular weight is 313 g/mol. The smallest absolute Gasteiger partial charge is 0.186 e. The lowest BCUT2D eigenvalue weighted by atomic mass is 10.2. The van der Waals surface area contributed by atoms with Crippen LogP contribution >= 0.6 is 12.2 Å². The molecule has 6 heteroatoms. The minimum absolute atomic E-state index is 0.656. The van der Waals surface area contributed by atoms with Gasteiger partial charge in [0.15, 0.2) is 5.11 Å². The molecule has 0 atom stereocenters. The minimum Gasteiger partial charge on any atom is -0.370 e. The number of ether oxygens (including phenoxy) is 1. The zero-order chi connectivity index (χ0) is 14.8. The average Bonchev–Trinajstić information content (AvgIpc) is 2.79. The van der Waals surface area contributed by atoms with Gasteiger partial charge in [-0.2, -0.15) is 5.10 Å². The van der Waals surface area contributed by atoms with E-state index in [0.717, 1.165) is 52.1 Å². The molecule has 2 fully saturated rings. The highest BCUT2D eigenvalue weighted by Crippen LogP contribution is 2.14. The number of hydrogen-bond acceptors (Lipinski definition) is 3. The van der Waals surface area contributed by atoms with Crippen molar-refractivity contribution in [2.75, 3.05) is 39.4 Å². The fourth-order valence-corrected chi connectivity index (χ4v) is 3.02. The Kier molecular flexibility index (Phi) is 7.99. The maximum atomic E-state index is 5.36. The molecule has 1 aliphatic heterocycles. The first-order valence-corrected chi connectivity index (χ1v) is 8.76. The molecule has 0 radical (unpaired) electrons. The maximum Gasteiger partial charge on any atom is 0.186 e. The van der Waals surface area contributed by atoms with Crippen LogP contribution in [0.2, 0.25) is 0 Å². The van der Waals surface area contributed by atoms with E-state index in [2.05, 4.69) is 15.8 Å². The van der Waals surface area contributed by atoms with Crippen molar-refractivity contribution in [2.24, 2.45) is 5.10 Å². The molecule has 3 N–H and O–H groups in total. The molecule has 1 saturated carbocycles. The van der Waals surface area contributed by atoms with Crippen LogP contribution < -0.4 is 15.6 Å². The standard InChI is InChI=1S/C15H28N4OS/c21-15(18-17-14-6-3-1-2-4-7-14)16-8-5-9-19-10-12-20-13-11-19/h1-13H2,(H2,16,18,21)/p+1. The molecule has 0 bridgehead atoms. The molecular weight excluding hydrogens is 284 g/mol. The summed E-state index contributed by atoms with van der Waals surface area (Å²) in [4.78, 5) is 1.64. The fraction of sp³-hybridized carbons (Fsp3) is 0.867. The van der Waals surface area contributed by atoms with Crippen LogP contribution in [0.1, 0.15) is 44.9 Å².